The highest BCUT2D eigenvalue weighted by molar-refractivity contribution is 7.12. The van der Waals surface area contributed by atoms with E-state index in [1.165, 1.54) is 4.88 Å². The van der Waals surface area contributed by atoms with Crippen LogP contribution in [0.1, 0.15) is 35.6 Å². The molecule has 1 aliphatic heterocycles. The molecule has 0 saturated carbocycles. The number of aryl methyl sites for hydroxylation is 1. The Morgan fingerprint density at radius 1 is 1.64 bits per heavy atom. The second-order valence-electron chi connectivity index (χ2n) is 3.65. The van der Waals surface area contributed by atoms with Gasteiger partial charge in [0.1, 0.15) is 6.10 Å². The molecule has 1 fully saturated rings. The van der Waals surface area contributed by atoms with Crippen LogP contribution in [0.15, 0.2) is 12.1 Å². The zero-order valence-electron chi connectivity index (χ0n) is 8.40. The average Bonchev–Trinajstić information content (AvgIpc) is 2.88. The number of thiophene rings is 1. The zero-order valence-corrected chi connectivity index (χ0v) is 9.22. The molecule has 0 amide bonds. The Hall–Kier alpha value is -0.380. The summed E-state index contributed by atoms with van der Waals surface area (Å²) in [5.74, 6) is 0. The summed E-state index contributed by atoms with van der Waals surface area (Å²) in [5.41, 5.74) is 0. The summed E-state index contributed by atoms with van der Waals surface area (Å²) in [6.07, 6.45) is 2.72. The molecule has 2 atom stereocenters. The van der Waals surface area contributed by atoms with Gasteiger partial charge in [-0.15, -0.1) is 11.3 Å². The van der Waals surface area contributed by atoms with Crippen LogP contribution < -0.4 is 0 Å². The summed E-state index contributed by atoms with van der Waals surface area (Å²) >= 11 is 1.70. The second kappa shape index (κ2) is 4.43. The van der Waals surface area contributed by atoms with Crippen LogP contribution in [0.4, 0.5) is 0 Å². The van der Waals surface area contributed by atoms with Gasteiger partial charge >= 0.3 is 0 Å². The maximum atomic E-state index is 10.0. The Bertz CT molecular complexity index is 289. The number of aliphatic hydroxyl groups excluding tert-OH is 1. The Morgan fingerprint density at radius 3 is 3.07 bits per heavy atom. The molecule has 0 spiro atoms. The molecule has 0 bridgehead atoms. The van der Waals surface area contributed by atoms with Crippen LogP contribution in [0.5, 0.6) is 0 Å². The lowest BCUT2D eigenvalue weighted by atomic mass is 10.1. The first-order chi connectivity index (χ1) is 6.81. The summed E-state index contributed by atoms with van der Waals surface area (Å²) in [6.45, 7) is 2.93. The molecule has 1 N–H and O–H groups in total. The van der Waals surface area contributed by atoms with E-state index in [0.717, 1.165) is 30.7 Å². The van der Waals surface area contributed by atoms with Gasteiger partial charge in [0.2, 0.25) is 0 Å². The predicted octanol–water partition coefficient (Wildman–Crippen LogP) is 2.52. The van der Waals surface area contributed by atoms with E-state index in [4.69, 9.17) is 4.74 Å². The van der Waals surface area contributed by atoms with Gasteiger partial charge in [-0.3, -0.25) is 0 Å². The van der Waals surface area contributed by atoms with E-state index in [-0.39, 0.29) is 6.10 Å². The Balaban J connectivity index is 2.05. The Kier molecular flexibility index (Phi) is 3.21. The van der Waals surface area contributed by atoms with Gasteiger partial charge in [-0.25, -0.2) is 0 Å². The Morgan fingerprint density at radius 2 is 2.50 bits per heavy atom. The molecule has 3 heteroatoms. The number of hydrogen-bond acceptors (Lipinski definition) is 3. The topological polar surface area (TPSA) is 29.5 Å². The van der Waals surface area contributed by atoms with E-state index >= 15 is 0 Å². The SMILES string of the molecule is CCc1ccc(C(O)C2CCCO2)s1. The lowest BCUT2D eigenvalue weighted by Crippen LogP contribution is -2.15. The van der Waals surface area contributed by atoms with Crippen molar-refractivity contribution in [1.82, 2.24) is 0 Å². The normalized spacial score (nSPS) is 24.0. The number of aliphatic hydroxyl groups is 1. The lowest BCUT2D eigenvalue weighted by Gasteiger charge is -2.15. The summed E-state index contributed by atoms with van der Waals surface area (Å²) in [6, 6.07) is 4.12. The van der Waals surface area contributed by atoms with Crippen LogP contribution >= 0.6 is 11.3 Å². The highest BCUT2D eigenvalue weighted by atomic mass is 32.1. The van der Waals surface area contributed by atoms with E-state index < -0.39 is 6.10 Å². The van der Waals surface area contributed by atoms with Crippen molar-refractivity contribution >= 4 is 11.3 Å². The monoisotopic (exact) mass is 212 g/mol. The third kappa shape index (κ3) is 2.00. The molecule has 14 heavy (non-hydrogen) atoms. The third-order valence-corrected chi connectivity index (χ3v) is 3.94. The second-order valence-corrected chi connectivity index (χ2v) is 4.85. The predicted molar refractivity (Wildman–Crippen MR) is 57.6 cm³/mol. The van der Waals surface area contributed by atoms with Crippen LogP contribution in [0.25, 0.3) is 0 Å². The van der Waals surface area contributed by atoms with E-state index in [0.29, 0.717) is 0 Å². The van der Waals surface area contributed by atoms with Crippen LogP contribution in [-0.4, -0.2) is 17.8 Å². The first-order valence-corrected chi connectivity index (χ1v) is 6.01. The molecule has 2 unspecified atom stereocenters. The first kappa shape index (κ1) is 10.1. The molecule has 1 aromatic rings. The highest BCUT2D eigenvalue weighted by Gasteiger charge is 2.26. The smallest absolute Gasteiger partial charge is 0.114 e. The molecule has 2 nitrogen and oxygen atoms in total. The Labute approximate surface area is 88.5 Å². The van der Waals surface area contributed by atoms with Gasteiger partial charge in [0.15, 0.2) is 0 Å². The van der Waals surface area contributed by atoms with Gasteiger partial charge in [0.25, 0.3) is 0 Å². The van der Waals surface area contributed by atoms with E-state index in [2.05, 4.69) is 13.0 Å². The van der Waals surface area contributed by atoms with Crippen LogP contribution in [0.2, 0.25) is 0 Å². The summed E-state index contributed by atoms with van der Waals surface area (Å²) in [4.78, 5) is 2.38. The van der Waals surface area contributed by atoms with Gasteiger partial charge in [-0.2, -0.15) is 0 Å². The third-order valence-electron chi connectivity index (χ3n) is 2.64. The van der Waals surface area contributed by atoms with Gasteiger partial charge < -0.3 is 9.84 Å². The van der Waals surface area contributed by atoms with E-state index in [1.807, 2.05) is 6.07 Å². The fraction of sp³-hybridized carbons (Fsp3) is 0.636. The number of hydrogen-bond donors (Lipinski definition) is 1. The van der Waals surface area contributed by atoms with Crippen LogP contribution in [0.3, 0.4) is 0 Å². The van der Waals surface area contributed by atoms with Crippen LogP contribution in [-0.2, 0) is 11.2 Å². The standard InChI is InChI=1S/C11H16O2S/c1-2-8-5-6-10(14-8)11(12)9-4-3-7-13-9/h5-6,9,11-12H,2-4,7H2,1H3. The molecular formula is C11H16O2S. The fourth-order valence-corrected chi connectivity index (χ4v) is 2.77. The molecule has 78 valence electrons. The fourth-order valence-electron chi connectivity index (χ4n) is 1.78. The summed E-state index contributed by atoms with van der Waals surface area (Å²) in [7, 11) is 0. The van der Waals surface area contributed by atoms with Crippen molar-refractivity contribution in [3.63, 3.8) is 0 Å². The zero-order chi connectivity index (χ0) is 9.97. The van der Waals surface area contributed by atoms with Crippen molar-refractivity contribution in [2.75, 3.05) is 6.61 Å². The molecular weight excluding hydrogens is 196 g/mol. The van der Waals surface area contributed by atoms with E-state index in [1.54, 1.807) is 11.3 Å². The first-order valence-electron chi connectivity index (χ1n) is 5.19. The van der Waals surface area contributed by atoms with E-state index in [9.17, 15) is 5.11 Å². The van der Waals surface area contributed by atoms with Gasteiger partial charge in [0, 0.05) is 16.4 Å². The molecule has 2 rings (SSSR count). The van der Waals surface area contributed by atoms with Gasteiger partial charge in [0.05, 0.1) is 6.10 Å². The summed E-state index contributed by atoms with van der Waals surface area (Å²) in [5, 5.41) is 10.0. The van der Waals surface area contributed by atoms with Crippen molar-refractivity contribution in [2.24, 2.45) is 0 Å². The molecule has 0 aromatic carbocycles. The largest absolute Gasteiger partial charge is 0.385 e. The minimum absolute atomic E-state index is 0.0263. The maximum Gasteiger partial charge on any atom is 0.114 e. The molecule has 1 saturated heterocycles. The number of ether oxygens (including phenoxy) is 1. The molecule has 0 aliphatic carbocycles. The lowest BCUT2D eigenvalue weighted by molar-refractivity contribution is -0.000772. The number of rotatable bonds is 3. The molecule has 1 aliphatic rings. The maximum absolute atomic E-state index is 10.0. The van der Waals surface area contributed by atoms with Crippen molar-refractivity contribution in [3.8, 4) is 0 Å². The van der Waals surface area contributed by atoms with Crippen molar-refractivity contribution in [3.05, 3.63) is 21.9 Å². The molecule has 1 aromatic heterocycles. The highest BCUT2D eigenvalue weighted by Crippen LogP contribution is 2.31. The van der Waals surface area contributed by atoms with Gasteiger partial charge in [-0.1, -0.05) is 6.92 Å². The van der Waals surface area contributed by atoms with Crippen LogP contribution in [0, 0.1) is 0 Å². The minimum atomic E-state index is -0.414. The minimum Gasteiger partial charge on any atom is -0.385 e. The summed E-state index contributed by atoms with van der Waals surface area (Å²) < 4.78 is 5.47. The van der Waals surface area contributed by atoms with Gasteiger partial charge in [-0.05, 0) is 31.4 Å². The quantitative estimate of drug-likeness (QED) is 0.834. The van der Waals surface area contributed by atoms with Crippen molar-refractivity contribution in [1.29, 1.82) is 0 Å². The van der Waals surface area contributed by atoms with Crippen molar-refractivity contribution in [2.45, 2.75) is 38.4 Å². The molecule has 0 radical (unpaired) electrons. The molecule has 2 heterocycles. The van der Waals surface area contributed by atoms with Crippen molar-refractivity contribution < 1.29 is 9.84 Å². The average molecular weight is 212 g/mol.